The maximum atomic E-state index is 12.8. The van der Waals surface area contributed by atoms with Gasteiger partial charge in [-0.05, 0) is 43.9 Å². The second kappa shape index (κ2) is 7.39. The van der Waals surface area contributed by atoms with Gasteiger partial charge in [-0.1, -0.05) is 18.2 Å². The molecule has 2 aliphatic rings. The zero-order valence-electron chi connectivity index (χ0n) is 16.5. The fourth-order valence-electron chi connectivity index (χ4n) is 4.57. The van der Waals surface area contributed by atoms with E-state index in [9.17, 15) is 9.59 Å². The summed E-state index contributed by atoms with van der Waals surface area (Å²) in [5, 5.41) is 3.03. The number of carbonyl (C=O) groups excluding carboxylic acids is 2. The number of anilines is 1. The van der Waals surface area contributed by atoms with Gasteiger partial charge in [0.15, 0.2) is 5.82 Å². The highest BCUT2D eigenvalue weighted by Crippen LogP contribution is 2.43. The van der Waals surface area contributed by atoms with Gasteiger partial charge in [-0.2, -0.15) is 0 Å². The number of aryl methyl sites for hydroxylation is 1. The van der Waals surface area contributed by atoms with Gasteiger partial charge in [0.2, 0.25) is 5.91 Å². The van der Waals surface area contributed by atoms with Gasteiger partial charge >= 0.3 is 0 Å². The largest absolute Gasteiger partial charge is 0.336 e. The van der Waals surface area contributed by atoms with Crippen LogP contribution in [0, 0.1) is 5.41 Å². The SMILES string of the molecule is CN1CC2(CCN(C(=O)c3nccn3C)CC2)CC1C(=O)Nc1ccccc1. The molecule has 2 fully saturated rings. The number of carbonyl (C=O) groups is 2. The first-order valence-corrected chi connectivity index (χ1v) is 9.80. The summed E-state index contributed by atoms with van der Waals surface area (Å²) in [7, 11) is 3.86. The average molecular weight is 381 g/mol. The van der Waals surface area contributed by atoms with E-state index >= 15 is 0 Å². The number of rotatable bonds is 3. The minimum absolute atomic E-state index is 0.00734. The van der Waals surface area contributed by atoms with Crippen molar-refractivity contribution in [3.63, 3.8) is 0 Å². The smallest absolute Gasteiger partial charge is 0.289 e. The molecule has 4 rings (SSSR count). The van der Waals surface area contributed by atoms with Crippen molar-refractivity contribution < 1.29 is 9.59 Å². The quantitative estimate of drug-likeness (QED) is 0.883. The molecular weight excluding hydrogens is 354 g/mol. The van der Waals surface area contributed by atoms with Crippen LogP contribution < -0.4 is 5.32 Å². The summed E-state index contributed by atoms with van der Waals surface area (Å²) in [6.07, 6.45) is 6.12. The normalized spacial score (nSPS) is 21.8. The van der Waals surface area contributed by atoms with Crippen LogP contribution in [0.2, 0.25) is 0 Å². The highest BCUT2D eigenvalue weighted by Gasteiger charge is 2.47. The minimum atomic E-state index is -0.128. The van der Waals surface area contributed by atoms with Crippen LogP contribution in [0.15, 0.2) is 42.7 Å². The van der Waals surface area contributed by atoms with Crippen molar-refractivity contribution in [1.82, 2.24) is 19.4 Å². The van der Waals surface area contributed by atoms with E-state index in [1.807, 2.05) is 49.3 Å². The fraction of sp³-hybridized carbons (Fsp3) is 0.476. The van der Waals surface area contributed by atoms with Gasteiger partial charge in [0, 0.05) is 44.8 Å². The Bertz CT molecular complexity index is 855. The first kappa shape index (κ1) is 18.7. The molecular formula is C21H27N5O2. The zero-order chi connectivity index (χ0) is 19.7. The van der Waals surface area contributed by atoms with Crippen molar-refractivity contribution in [3.8, 4) is 0 Å². The maximum absolute atomic E-state index is 12.8. The van der Waals surface area contributed by atoms with Crippen LogP contribution in [0.25, 0.3) is 0 Å². The number of para-hydroxylation sites is 1. The van der Waals surface area contributed by atoms with E-state index in [2.05, 4.69) is 15.2 Å². The van der Waals surface area contributed by atoms with Gasteiger partial charge in [-0.3, -0.25) is 14.5 Å². The molecule has 2 amide bonds. The van der Waals surface area contributed by atoms with Gasteiger partial charge in [0.1, 0.15) is 0 Å². The molecule has 1 unspecified atom stereocenters. The molecule has 2 saturated heterocycles. The summed E-state index contributed by atoms with van der Waals surface area (Å²) in [6.45, 7) is 2.32. The summed E-state index contributed by atoms with van der Waals surface area (Å²) in [5.41, 5.74) is 0.934. The molecule has 0 saturated carbocycles. The highest BCUT2D eigenvalue weighted by atomic mass is 16.2. The van der Waals surface area contributed by atoms with Crippen molar-refractivity contribution >= 4 is 17.5 Å². The Morgan fingerprint density at radius 3 is 2.50 bits per heavy atom. The Labute approximate surface area is 165 Å². The van der Waals surface area contributed by atoms with Crippen LogP contribution >= 0.6 is 0 Å². The molecule has 0 bridgehead atoms. The van der Waals surface area contributed by atoms with E-state index in [-0.39, 0.29) is 23.3 Å². The number of amides is 2. The Kier molecular flexibility index (Phi) is 4.93. The second-order valence-electron chi connectivity index (χ2n) is 8.14. The molecule has 1 aromatic heterocycles. The van der Waals surface area contributed by atoms with Crippen LogP contribution in [0.1, 0.15) is 29.9 Å². The third kappa shape index (κ3) is 3.54. The van der Waals surface area contributed by atoms with Crippen molar-refractivity contribution in [1.29, 1.82) is 0 Å². The molecule has 1 spiro atoms. The Morgan fingerprint density at radius 1 is 1.14 bits per heavy atom. The Balaban J connectivity index is 1.37. The second-order valence-corrected chi connectivity index (χ2v) is 8.14. The standard InChI is InChI=1S/C21H27N5O2/c1-24-13-10-22-18(24)20(28)26-11-8-21(9-12-26)14-17(25(2)15-21)19(27)23-16-6-4-3-5-7-16/h3-7,10,13,17H,8-9,11-12,14-15H2,1-2H3,(H,23,27). The summed E-state index contributed by atoms with van der Waals surface area (Å²) in [4.78, 5) is 33.7. The lowest BCUT2D eigenvalue weighted by Gasteiger charge is -2.39. The van der Waals surface area contributed by atoms with E-state index in [0.717, 1.165) is 31.5 Å². The first-order chi connectivity index (χ1) is 13.5. The molecule has 7 nitrogen and oxygen atoms in total. The number of benzene rings is 1. The predicted molar refractivity (Wildman–Crippen MR) is 107 cm³/mol. The average Bonchev–Trinajstić information content (AvgIpc) is 3.26. The van der Waals surface area contributed by atoms with Gasteiger partial charge < -0.3 is 14.8 Å². The van der Waals surface area contributed by atoms with Crippen LogP contribution in [0.4, 0.5) is 5.69 Å². The van der Waals surface area contributed by atoms with Gasteiger partial charge in [-0.25, -0.2) is 4.98 Å². The van der Waals surface area contributed by atoms with E-state index in [0.29, 0.717) is 18.9 Å². The molecule has 0 radical (unpaired) electrons. The van der Waals surface area contributed by atoms with E-state index in [4.69, 9.17) is 0 Å². The van der Waals surface area contributed by atoms with Crippen LogP contribution in [-0.2, 0) is 11.8 Å². The number of likely N-dealkylation sites (N-methyl/N-ethyl adjacent to an activating group) is 1. The molecule has 2 aromatic rings. The van der Waals surface area contributed by atoms with Gasteiger partial charge in [0.05, 0.1) is 6.04 Å². The lowest BCUT2D eigenvalue weighted by molar-refractivity contribution is -0.120. The Morgan fingerprint density at radius 2 is 1.86 bits per heavy atom. The molecule has 1 aromatic carbocycles. The van der Waals surface area contributed by atoms with E-state index in [1.54, 1.807) is 17.0 Å². The zero-order valence-corrected chi connectivity index (χ0v) is 16.5. The number of likely N-dealkylation sites (tertiary alicyclic amines) is 2. The summed E-state index contributed by atoms with van der Waals surface area (Å²) in [6, 6.07) is 9.46. The third-order valence-corrected chi connectivity index (χ3v) is 6.21. The number of hydrogen-bond acceptors (Lipinski definition) is 4. The maximum Gasteiger partial charge on any atom is 0.289 e. The molecule has 0 aliphatic carbocycles. The predicted octanol–water partition coefficient (Wildman–Crippen LogP) is 1.99. The lowest BCUT2D eigenvalue weighted by Crippen LogP contribution is -2.44. The van der Waals surface area contributed by atoms with Crippen LogP contribution in [0.5, 0.6) is 0 Å². The molecule has 2 aliphatic heterocycles. The molecule has 3 heterocycles. The topological polar surface area (TPSA) is 70.5 Å². The first-order valence-electron chi connectivity index (χ1n) is 9.80. The molecule has 1 N–H and O–H groups in total. The number of hydrogen-bond donors (Lipinski definition) is 1. The van der Waals surface area contributed by atoms with Crippen LogP contribution in [0.3, 0.4) is 0 Å². The van der Waals surface area contributed by atoms with E-state index in [1.165, 1.54) is 0 Å². The Hall–Kier alpha value is -2.67. The molecule has 7 heteroatoms. The minimum Gasteiger partial charge on any atom is -0.336 e. The number of imidazole rings is 1. The summed E-state index contributed by atoms with van der Waals surface area (Å²) >= 11 is 0. The van der Waals surface area contributed by atoms with Crippen molar-refractivity contribution in [2.75, 3.05) is 32.0 Å². The number of piperidine rings is 1. The summed E-state index contributed by atoms with van der Waals surface area (Å²) < 4.78 is 1.76. The van der Waals surface area contributed by atoms with Crippen molar-refractivity contribution in [2.24, 2.45) is 12.5 Å². The lowest BCUT2D eigenvalue weighted by atomic mass is 9.76. The number of nitrogens with zero attached hydrogens (tertiary/aromatic N) is 4. The number of nitrogens with one attached hydrogen (secondary N) is 1. The van der Waals surface area contributed by atoms with E-state index < -0.39 is 0 Å². The molecule has 148 valence electrons. The molecule has 1 atom stereocenters. The van der Waals surface area contributed by atoms with Crippen LogP contribution in [-0.4, -0.2) is 63.9 Å². The monoisotopic (exact) mass is 381 g/mol. The number of aromatic nitrogens is 2. The molecule has 28 heavy (non-hydrogen) atoms. The van der Waals surface area contributed by atoms with Crippen molar-refractivity contribution in [3.05, 3.63) is 48.5 Å². The van der Waals surface area contributed by atoms with Gasteiger partial charge in [-0.15, -0.1) is 0 Å². The highest BCUT2D eigenvalue weighted by molar-refractivity contribution is 5.95. The third-order valence-electron chi connectivity index (χ3n) is 6.21. The van der Waals surface area contributed by atoms with Gasteiger partial charge in [0.25, 0.3) is 5.91 Å². The summed E-state index contributed by atoms with van der Waals surface area (Å²) in [5.74, 6) is 0.531. The van der Waals surface area contributed by atoms with Crippen molar-refractivity contribution in [2.45, 2.75) is 25.3 Å². The fourth-order valence-corrected chi connectivity index (χ4v) is 4.57.